The number of carboxylic acid groups (broad SMARTS) is 1. The van der Waals surface area contributed by atoms with Crippen molar-refractivity contribution in [2.45, 2.75) is 26.3 Å². The maximum Gasteiger partial charge on any atom is 0.326 e. The van der Waals surface area contributed by atoms with Gasteiger partial charge in [0, 0.05) is 11.6 Å². The zero-order valence-corrected chi connectivity index (χ0v) is 14.6. The van der Waals surface area contributed by atoms with Crippen molar-refractivity contribution in [2.75, 3.05) is 19.0 Å². The van der Waals surface area contributed by atoms with Crippen LogP contribution in [0.15, 0.2) is 18.2 Å². The topological polar surface area (TPSA) is 148 Å². The molecule has 0 heterocycles. The van der Waals surface area contributed by atoms with E-state index in [2.05, 4.69) is 15.4 Å². The minimum absolute atomic E-state index is 0.00721. The van der Waals surface area contributed by atoms with Crippen molar-refractivity contribution in [1.29, 1.82) is 0 Å². The number of aliphatic carboxylic acids is 1. The number of anilines is 1. The van der Waals surface area contributed by atoms with Gasteiger partial charge in [-0.2, -0.15) is 0 Å². The number of hydrogen-bond acceptors (Lipinski definition) is 7. The summed E-state index contributed by atoms with van der Waals surface area (Å²) in [6.45, 7) is 3.15. The second-order valence-electron chi connectivity index (χ2n) is 5.59. The summed E-state index contributed by atoms with van der Waals surface area (Å²) in [5.41, 5.74) is -0.487. The summed E-state index contributed by atoms with van der Waals surface area (Å²) < 4.78 is 4.39. The van der Waals surface area contributed by atoms with E-state index in [0.29, 0.717) is 6.42 Å². The molecule has 0 bridgehead atoms. The number of carboxylic acids is 1. The second kappa shape index (κ2) is 9.35. The molecule has 0 saturated heterocycles. The molecule has 0 unspecified atom stereocenters. The summed E-state index contributed by atoms with van der Waals surface area (Å²) in [4.78, 5) is 45.0. The Morgan fingerprint density at radius 1 is 1.35 bits per heavy atom. The highest BCUT2D eigenvalue weighted by Crippen LogP contribution is 2.28. The number of nitrogens with zero attached hydrogens (tertiary/aromatic N) is 1. The van der Waals surface area contributed by atoms with Gasteiger partial charge in [0.25, 0.3) is 11.6 Å². The van der Waals surface area contributed by atoms with Crippen LogP contribution in [0.4, 0.5) is 11.4 Å². The van der Waals surface area contributed by atoms with Gasteiger partial charge in [-0.25, -0.2) is 4.79 Å². The molecule has 0 aromatic heterocycles. The number of carbonyl (C=O) groups excluding carboxylic acids is 2. The lowest BCUT2D eigenvalue weighted by molar-refractivity contribution is -0.384. The second-order valence-corrected chi connectivity index (χ2v) is 5.59. The lowest BCUT2D eigenvalue weighted by atomic mass is 9.98. The van der Waals surface area contributed by atoms with Gasteiger partial charge in [0.15, 0.2) is 0 Å². The zero-order valence-electron chi connectivity index (χ0n) is 14.6. The minimum atomic E-state index is -1.13. The van der Waals surface area contributed by atoms with E-state index in [1.54, 1.807) is 6.92 Å². The molecule has 10 nitrogen and oxygen atoms in total. The molecule has 0 aliphatic heterocycles. The van der Waals surface area contributed by atoms with E-state index in [1.165, 1.54) is 12.1 Å². The van der Waals surface area contributed by atoms with Crippen LogP contribution >= 0.6 is 0 Å². The fourth-order valence-corrected chi connectivity index (χ4v) is 2.12. The number of methoxy groups -OCH3 is 1. The third kappa shape index (κ3) is 5.43. The maximum atomic E-state index is 12.0. The number of rotatable bonds is 9. The first kappa shape index (κ1) is 20.9. The lowest BCUT2D eigenvalue weighted by Gasteiger charge is -2.21. The van der Waals surface area contributed by atoms with Gasteiger partial charge in [-0.1, -0.05) is 20.3 Å². The highest BCUT2D eigenvalue weighted by atomic mass is 16.6. The van der Waals surface area contributed by atoms with E-state index in [0.717, 1.165) is 13.2 Å². The smallest absolute Gasteiger partial charge is 0.326 e. The fourth-order valence-electron chi connectivity index (χ4n) is 2.12. The summed E-state index contributed by atoms with van der Waals surface area (Å²) in [5, 5.41) is 25.6. The molecular weight excluding hydrogens is 346 g/mol. The van der Waals surface area contributed by atoms with E-state index in [4.69, 9.17) is 0 Å². The van der Waals surface area contributed by atoms with Crippen molar-refractivity contribution in [3.8, 4) is 0 Å². The molecule has 3 N–H and O–H groups in total. The van der Waals surface area contributed by atoms with Gasteiger partial charge in [-0.05, 0) is 18.1 Å². The first-order valence-corrected chi connectivity index (χ1v) is 7.84. The number of nitro benzene ring substituents is 1. The molecule has 0 aliphatic rings. The van der Waals surface area contributed by atoms with E-state index in [-0.39, 0.29) is 23.7 Å². The van der Waals surface area contributed by atoms with E-state index >= 15 is 0 Å². The Balaban J connectivity index is 3.09. The Bertz CT molecular complexity index is 705. The van der Waals surface area contributed by atoms with Crippen LogP contribution in [0.2, 0.25) is 0 Å². The van der Waals surface area contributed by atoms with Gasteiger partial charge in [0.2, 0.25) is 0 Å². The van der Waals surface area contributed by atoms with Crippen molar-refractivity contribution in [3.05, 3.63) is 33.9 Å². The summed E-state index contributed by atoms with van der Waals surface area (Å²) in [6, 6.07) is 2.57. The van der Waals surface area contributed by atoms with Gasteiger partial charge in [-0.3, -0.25) is 19.7 Å². The molecule has 1 aromatic rings. The standard InChI is InChI=1S/C16H21N3O7/c1-4-9(2)14(16(22)23)18-11-6-5-10(7-12(11)19(24)25)15(21)17-8-13(20)26-3/h5-7,9,14,18H,4,8H2,1-3H3,(H,17,21)(H,22,23)/t9-,14-/m0/s1. The fraction of sp³-hybridized carbons (Fsp3) is 0.438. The zero-order chi connectivity index (χ0) is 19.9. The SMILES string of the molecule is CC[C@H](C)[C@H](Nc1ccc(C(=O)NCC(=O)OC)cc1[N+](=O)[O-])C(=O)O. The Labute approximate surface area is 149 Å². The Morgan fingerprint density at radius 3 is 2.50 bits per heavy atom. The number of benzene rings is 1. The van der Waals surface area contributed by atoms with Gasteiger partial charge >= 0.3 is 11.9 Å². The van der Waals surface area contributed by atoms with E-state index in [9.17, 15) is 29.6 Å². The molecule has 142 valence electrons. The van der Waals surface area contributed by atoms with Crippen LogP contribution in [0.3, 0.4) is 0 Å². The average molecular weight is 367 g/mol. The van der Waals surface area contributed by atoms with Crippen LogP contribution in [-0.2, 0) is 14.3 Å². The van der Waals surface area contributed by atoms with Crippen molar-refractivity contribution >= 4 is 29.2 Å². The van der Waals surface area contributed by atoms with Crippen molar-refractivity contribution in [2.24, 2.45) is 5.92 Å². The molecule has 1 aromatic carbocycles. The molecular formula is C16H21N3O7. The van der Waals surface area contributed by atoms with Crippen molar-refractivity contribution < 1.29 is 29.2 Å². The predicted molar refractivity (Wildman–Crippen MR) is 91.9 cm³/mol. The Kier molecular flexibility index (Phi) is 7.51. The largest absolute Gasteiger partial charge is 0.480 e. The summed E-state index contributed by atoms with van der Waals surface area (Å²) in [7, 11) is 1.16. The van der Waals surface area contributed by atoms with Gasteiger partial charge in [-0.15, -0.1) is 0 Å². The van der Waals surface area contributed by atoms with Crippen LogP contribution in [-0.4, -0.2) is 47.6 Å². The molecule has 0 fully saturated rings. The van der Waals surface area contributed by atoms with Crippen molar-refractivity contribution in [1.82, 2.24) is 5.32 Å². The van der Waals surface area contributed by atoms with Gasteiger partial charge in [0.1, 0.15) is 18.3 Å². The first-order valence-electron chi connectivity index (χ1n) is 7.84. The Hall–Kier alpha value is -3.17. The summed E-state index contributed by atoms with van der Waals surface area (Å²) in [5.74, 6) is -2.76. The van der Waals surface area contributed by atoms with Gasteiger partial charge < -0.3 is 20.5 Å². The average Bonchev–Trinajstić information content (AvgIpc) is 2.62. The quantitative estimate of drug-likeness (QED) is 0.337. The minimum Gasteiger partial charge on any atom is -0.480 e. The molecule has 0 radical (unpaired) electrons. The molecule has 10 heteroatoms. The maximum absolute atomic E-state index is 12.0. The van der Waals surface area contributed by atoms with Gasteiger partial charge in [0.05, 0.1) is 12.0 Å². The normalized spacial score (nSPS) is 12.6. The molecule has 1 amide bonds. The summed E-state index contributed by atoms with van der Waals surface area (Å²) >= 11 is 0. The molecule has 2 atom stereocenters. The molecule has 0 spiro atoms. The number of hydrogen-bond donors (Lipinski definition) is 3. The van der Waals surface area contributed by atoms with Crippen LogP contribution in [0.5, 0.6) is 0 Å². The third-order valence-corrected chi connectivity index (χ3v) is 3.87. The number of ether oxygens (including phenoxy) is 1. The third-order valence-electron chi connectivity index (χ3n) is 3.87. The molecule has 0 aliphatic carbocycles. The van der Waals surface area contributed by atoms with E-state index < -0.39 is 34.5 Å². The summed E-state index contributed by atoms with van der Waals surface area (Å²) in [6.07, 6.45) is 0.561. The van der Waals surface area contributed by atoms with Crippen LogP contribution in [0.1, 0.15) is 30.6 Å². The van der Waals surface area contributed by atoms with E-state index in [1.807, 2.05) is 6.92 Å². The highest BCUT2D eigenvalue weighted by Gasteiger charge is 2.27. The molecule has 1 rings (SSSR count). The number of nitrogens with one attached hydrogen (secondary N) is 2. The van der Waals surface area contributed by atoms with Crippen LogP contribution in [0.25, 0.3) is 0 Å². The number of esters is 1. The Morgan fingerprint density at radius 2 is 2.00 bits per heavy atom. The van der Waals surface area contributed by atoms with Crippen LogP contribution in [0, 0.1) is 16.0 Å². The number of carbonyl (C=O) groups is 3. The number of nitro groups is 1. The molecule has 26 heavy (non-hydrogen) atoms. The van der Waals surface area contributed by atoms with Crippen molar-refractivity contribution in [3.63, 3.8) is 0 Å². The predicted octanol–water partition coefficient (Wildman–Crippen LogP) is 1.41. The number of amides is 1. The first-order chi connectivity index (χ1) is 12.2. The lowest BCUT2D eigenvalue weighted by Crippen LogP contribution is -2.35. The highest BCUT2D eigenvalue weighted by molar-refractivity contribution is 5.97. The monoisotopic (exact) mass is 367 g/mol. The molecule has 0 saturated carbocycles. The van der Waals surface area contributed by atoms with Crippen LogP contribution < -0.4 is 10.6 Å².